The van der Waals surface area contributed by atoms with E-state index in [0.29, 0.717) is 12.2 Å². The summed E-state index contributed by atoms with van der Waals surface area (Å²) in [5, 5.41) is 9.44. The van der Waals surface area contributed by atoms with Gasteiger partial charge in [0.2, 0.25) is 0 Å². The van der Waals surface area contributed by atoms with Crippen molar-refractivity contribution in [2.24, 2.45) is 5.41 Å². The first-order chi connectivity index (χ1) is 16.5. The van der Waals surface area contributed by atoms with Crippen molar-refractivity contribution < 1.29 is 14.3 Å². The zero-order valence-corrected chi connectivity index (χ0v) is 21.3. The van der Waals surface area contributed by atoms with E-state index in [2.05, 4.69) is 13.0 Å². The third-order valence-corrected chi connectivity index (χ3v) is 6.25. The van der Waals surface area contributed by atoms with Gasteiger partial charge in [-0.25, -0.2) is 4.79 Å². The Kier molecular flexibility index (Phi) is 12.2. The molecule has 0 bridgehead atoms. The van der Waals surface area contributed by atoms with Crippen LogP contribution in [0.25, 0.3) is 11.1 Å². The van der Waals surface area contributed by atoms with E-state index in [1.54, 1.807) is 19.1 Å². The lowest BCUT2D eigenvalue weighted by Crippen LogP contribution is -2.30. The van der Waals surface area contributed by atoms with Crippen LogP contribution in [0.4, 0.5) is 0 Å². The minimum Gasteiger partial charge on any atom is -0.494 e. The summed E-state index contributed by atoms with van der Waals surface area (Å²) in [4.78, 5) is 12.5. The van der Waals surface area contributed by atoms with E-state index in [1.807, 2.05) is 43.3 Å². The molecule has 0 amide bonds. The molecule has 34 heavy (non-hydrogen) atoms. The van der Waals surface area contributed by atoms with Crippen LogP contribution in [0.3, 0.4) is 0 Å². The molecule has 0 saturated carbocycles. The predicted octanol–water partition coefficient (Wildman–Crippen LogP) is 8.50. The Morgan fingerprint density at radius 2 is 1.26 bits per heavy atom. The van der Waals surface area contributed by atoms with Crippen LogP contribution >= 0.6 is 0 Å². The second kappa shape index (κ2) is 15.2. The monoisotopic (exact) mass is 463 g/mol. The van der Waals surface area contributed by atoms with Gasteiger partial charge in [-0.05, 0) is 55.2 Å². The maximum Gasteiger partial charge on any atom is 0.331 e. The summed E-state index contributed by atoms with van der Waals surface area (Å²) >= 11 is 0. The summed E-state index contributed by atoms with van der Waals surface area (Å²) < 4.78 is 11.4. The second-order valence-electron chi connectivity index (χ2n) is 9.31. The van der Waals surface area contributed by atoms with Crippen LogP contribution in [0.1, 0.15) is 91.4 Å². The van der Waals surface area contributed by atoms with E-state index >= 15 is 0 Å². The van der Waals surface area contributed by atoms with Crippen molar-refractivity contribution in [1.29, 1.82) is 5.26 Å². The number of carbonyl (C=O) groups is 1. The Hall–Kier alpha value is -2.80. The Bertz CT molecular complexity index is 883. The smallest absolute Gasteiger partial charge is 0.331 e. The van der Waals surface area contributed by atoms with Gasteiger partial charge in [-0.15, -0.1) is 0 Å². The lowest BCUT2D eigenvalue weighted by molar-refractivity contribution is -0.142. The van der Waals surface area contributed by atoms with Gasteiger partial charge in [-0.2, -0.15) is 5.26 Å². The molecule has 0 spiro atoms. The van der Waals surface area contributed by atoms with Gasteiger partial charge in [0.05, 0.1) is 12.7 Å². The van der Waals surface area contributed by atoms with Crippen molar-refractivity contribution in [3.8, 4) is 28.7 Å². The van der Waals surface area contributed by atoms with E-state index in [0.717, 1.165) is 42.7 Å². The third kappa shape index (κ3) is 9.21. The standard InChI is InChI=1S/C30H41NO3/c1-4-6-8-9-10-11-12-13-23-33-27-18-14-25(15-19-27)26-16-20-28(21-17-26)34-29(32)30(3,24-31)22-7-5-2/h14-21H,4-13,22-23H2,1-3H3. The second-order valence-corrected chi connectivity index (χ2v) is 9.31. The quantitative estimate of drug-likeness (QED) is 0.142. The molecule has 0 aliphatic rings. The van der Waals surface area contributed by atoms with Gasteiger partial charge in [0, 0.05) is 0 Å². The number of nitriles is 1. The first-order valence-corrected chi connectivity index (χ1v) is 13.0. The van der Waals surface area contributed by atoms with Crippen LogP contribution in [0.2, 0.25) is 0 Å². The van der Waals surface area contributed by atoms with Gasteiger partial charge in [0.1, 0.15) is 11.5 Å². The summed E-state index contributed by atoms with van der Waals surface area (Å²) in [7, 11) is 0. The Labute approximate surface area is 206 Å². The van der Waals surface area contributed by atoms with Crippen molar-refractivity contribution in [3.63, 3.8) is 0 Å². The van der Waals surface area contributed by atoms with Crippen LogP contribution in [0.5, 0.6) is 11.5 Å². The van der Waals surface area contributed by atoms with Gasteiger partial charge in [0.15, 0.2) is 5.41 Å². The van der Waals surface area contributed by atoms with Crippen LogP contribution in [-0.4, -0.2) is 12.6 Å². The van der Waals surface area contributed by atoms with Gasteiger partial charge in [-0.1, -0.05) is 95.9 Å². The van der Waals surface area contributed by atoms with Crippen molar-refractivity contribution >= 4 is 5.97 Å². The van der Waals surface area contributed by atoms with Crippen LogP contribution in [0, 0.1) is 16.7 Å². The van der Waals surface area contributed by atoms with E-state index in [4.69, 9.17) is 9.47 Å². The summed E-state index contributed by atoms with van der Waals surface area (Å²) in [6.45, 7) is 6.70. The highest BCUT2D eigenvalue weighted by atomic mass is 16.5. The average Bonchev–Trinajstić information content (AvgIpc) is 2.87. The zero-order chi connectivity index (χ0) is 24.7. The number of hydrogen-bond donors (Lipinski definition) is 0. The van der Waals surface area contributed by atoms with Crippen LogP contribution in [-0.2, 0) is 4.79 Å². The first kappa shape index (κ1) is 27.4. The molecule has 4 nitrogen and oxygen atoms in total. The molecule has 0 heterocycles. The Morgan fingerprint density at radius 3 is 1.79 bits per heavy atom. The molecular formula is C30H41NO3. The molecule has 0 aliphatic heterocycles. The van der Waals surface area contributed by atoms with E-state index in [-0.39, 0.29) is 0 Å². The number of rotatable bonds is 16. The predicted molar refractivity (Wildman–Crippen MR) is 139 cm³/mol. The summed E-state index contributed by atoms with van der Waals surface area (Å²) in [6, 6.07) is 17.6. The highest BCUT2D eigenvalue weighted by Crippen LogP contribution is 2.28. The first-order valence-electron chi connectivity index (χ1n) is 13.0. The van der Waals surface area contributed by atoms with E-state index in [9.17, 15) is 10.1 Å². The maximum absolute atomic E-state index is 12.5. The number of esters is 1. The third-order valence-electron chi connectivity index (χ3n) is 6.25. The molecule has 0 fully saturated rings. The molecule has 4 heteroatoms. The van der Waals surface area contributed by atoms with Crippen molar-refractivity contribution in [2.75, 3.05) is 6.61 Å². The summed E-state index contributed by atoms with van der Waals surface area (Å²) in [5.74, 6) is 0.853. The molecule has 0 radical (unpaired) electrons. The maximum atomic E-state index is 12.5. The molecule has 0 aromatic heterocycles. The number of hydrogen-bond acceptors (Lipinski definition) is 4. The largest absolute Gasteiger partial charge is 0.494 e. The van der Waals surface area contributed by atoms with Crippen molar-refractivity contribution in [2.45, 2.75) is 91.4 Å². The van der Waals surface area contributed by atoms with Gasteiger partial charge in [-0.3, -0.25) is 0 Å². The fourth-order valence-electron chi connectivity index (χ4n) is 3.84. The van der Waals surface area contributed by atoms with Gasteiger partial charge in [0.25, 0.3) is 0 Å². The molecule has 2 aromatic rings. The van der Waals surface area contributed by atoms with E-state index in [1.165, 1.54) is 44.9 Å². The normalized spacial score (nSPS) is 12.5. The lowest BCUT2D eigenvalue weighted by atomic mass is 9.87. The topological polar surface area (TPSA) is 59.3 Å². The van der Waals surface area contributed by atoms with Crippen molar-refractivity contribution in [1.82, 2.24) is 0 Å². The van der Waals surface area contributed by atoms with Crippen LogP contribution < -0.4 is 9.47 Å². The van der Waals surface area contributed by atoms with Gasteiger partial charge >= 0.3 is 5.97 Å². The minimum absolute atomic E-state index is 0.456. The number of carbonyl (C=O) groups excluding carboxylic acids is 1. The highest BCUT2D eigenvalue weighted by Gasteiger charge is 2.34. The molecule has 184 valence electrons. The lowest BCUT2D eigenvalue weighted by Gasteiger charge is -2.19. The molecule has 2 aromatic carbocycles. The molecule has 0 N–H and O–H groups in total. The summed E-state index contributed by atoms with van der Waals surface area (Å²) in [5.41, 5.74) is 0.990. The molecule has 0 aliphatic carbocycles. The fraction of sp³-hybridized carbons (Fsp3) is 0.533. The zero-order valence-electron chi connectivity index (χ0n) is 21.3. The number of benzene rings is 2. The average molecular weight is 464 g/mol. The van der Waals surface area contributed by atoms with Crippen molar-refractivity contribution in [3.05, 3.63) is 48.5 Å². The number of ether oxygens (including phenoxy) is 2. The number of nitrogens with zero attached hydrogens (tertiary/aromatic N) is 1. The SMILES string of the molecule is CCCCCCCCCCOc1ccc(-c2ccc(OC(=O)C(C)(C#N)CCCC)cc2)cc1. The highest BCUT2D eigenvalue weighted by molar-refractivity contribution is 5.81. The van der Waals surface area contributed by atoms with Gasteiger partial charge < -0.3 is 9.47 Å². The Balaban J connectivity index is 1.78. The molecular weight excluding hydrogens is 422 g/mol. The molecule has 2 rings (SSSR count). The summed E-state index contributed by atoms with van der Waals surface area (Å²) in [6.07, 6.45) is 12.6. The van der Waals surface area contributed by atoms with Crippen LogP contribution in [0.15, 0.2) is 48.5 Å². The van der Waals surface area contributed by atoms with E-state index < -0.39 is 11.4 Å². The molecule has 1 unspecified atom stereocenters. The molecule has 1 atom stereocenters. The number of unbranched alkanes of at least 4 members (excludes halogenated alkanes) is 8. The Morgan fingerprint density at radius 1 is 0.765 bits per heavy atom. The fourth-order valence-corrected chi connectivity index (χ4v) is 3.84. The molecule has 0 saturated heterocycles. The minimum atomic E-state index is -1.11.